The fraction of sp³-hybridized carbons (Fsp3) is 0.600. The molecule has 2 atom stereocenters. The number of aryl methyl sites for hydroxylation is 2. The fourth-order valence-corrected chi connectivity index (χ4v) is 2.82. The first kappa shape index (κ1) is 19.4. The Morgan fingerprint density at radius 2 is 2.04 bits per heavy atom. The van der Waals surface area contributed by atoms with Crippen molar-refractivity contribution in [2.24, 2.45) is 11.8 Å². The summed E-state index contributed by atoms with van der Waals surface area (Å²) in [6, 6.07) is 5.93. The van der Waals surface area contributed by atoms with E-state index in [0.29, 0.717) is 19.4 Å². The van der Waals surface area contributed by atoms with Crippen molar-refractivity contribution >= 4 is 17.5 Å². The molecule has 0 bridgehead atoms. The van der Waals surface area contributed by atoms with Crippen LogP contribution >= 0.6 is 0 Å². The Hall–Kier alpha value is -1.88. The number of nitrogens with zero attached hydrogens (tertiary/aromatic N) is 1. The standard InChI is InChI=1S/C20H30N2O3/c1-13(2)20(5,25)12-21-19(24)16-7-9-18(23)22(11-16)17-8-6-14(3)15(4)10-17/h6,8,10,13,16,25H,7,9,11-12H2,1-5H3,(H,21,24). The molecule has 1 heterocycles. The maximum Gasteiger partial charge on any atom is 0.227 e. The van der Waals surface area contributed by atoms with Crippen LogP contribution in [0, 0.1) is 25.7 Å². The Bertz CT molecular complexity index is 652. The molecule has 1 aliphatic heterocycles. The van der Waals surface area contributed by atoms with Crippen molar-refractivity contribution in [2.45, 2.75) is 53.1 Å². The van der Waals surface area contributed by atoms with Gasteiger partial charge >= 0.3 is 0 Å². The van der Waals surface area contributed by atoms with Crippen LogP contribution in [0.25, 0.3) is 0 Å². The molecule has 1 saturated heterocycles. The molecule has 5 nitrogen and oxygen atoms in total. The number of aliphatic hydroxyl groups is 1. The number of hydrogen-bond donors (Lipinski definition) is 2. The Morgan fingerprint density at radius 3 is 2.64 bits per heavy atom. The lowest BCUT2D eigenvalue weighted by Crippen LogP contribution is -2.50. The quantitative estimate of drug-likeness (QED) is 0.861. The van der Waals surface area contributed by atoms with E-state index in [1.54, 1.807) is 11.8 Å². The van der Waals surface area contributed by atoms with Gasteiger partial charge in [0.15, 0.2) is 0 Å². The number of anilines is 1. The number of carbonyl (C=O) groups excluding carboxylic acids is 2. The minimum absolute atomic E-state index is 0.0489. The zero-order valence-corrected chi connectivity index (χ0v) is 15.9. The van der Waals surface area contributed by atoms with Gasteiger partial charge in [-0.15, -0.1) is 0 Å². The molecule has 2 amide bonds. The number of hydrogen-bond acceptors (Lipinski definition) is 3. The van der Waals surface area contributed by atoms with E-state index in [9.17, 15) is 14.7 Å². The van der Waals surface area contributed by atoms with Crippen LogP contribution in [0.2, 0.25) is 0 Å². The smallest absolute Gasteiger partial charge is 0.227 e. The minimum atomic E-state index is -0.937. The van der Waals surface area contributed by atoms with Crippen LogP contribution in [0.4, 0.5) is 5.69 Å². The van der Waals surface area contributed by atoms with E-state index in [-0.39, 0.29) is 30.2 Å². The SMILES string of the molecule is Cc1ccc(N2CC(C(=O)NCC(C)(O)C(C)C)CCC2=O)cc1C. The predicted octanol–water partition coefficient (Wildman–Crippen LogP) is 2.57. The van der Waals surface area contributed by atoms with Crippen molar-refractivity contribution in [1.29, 1.82) is 0 Å². The van der Waals surface area contributed by atoms with E-state index in [4.69, 9.17) is 0 Å². The largest absolute Gasteiger partial charge is 0.388 e. The molecule has 2 unspecified atom stereocenters. The second-order valence-electron chi connectivity index (χ2n) is 7.74. The van der Waals surface area contributed by atoms with Gasteiger partial charge in [-0.3, -0.25) is 9.59 Å². The van der Waals surface area contributed by atoms with Crippen molar-refractivity contribution in [1.82, 2.24) is 5.32 Å². The first-order valence-corrected chi connectivity index (χ1v) is 8.99. The van der Waals surface area contributed by atoms with Gasteiger partial charge in [0.1, 0.15) is 0 Å². The lowest BCUT2D eigenvalue weighted by Gasteiger charge is -2.33. The van der Waals surface area contributed by atoms with Gasteiger partial charge < -0.3 is 15.3 Å². The van der Waals surface area contributed by atoms with Crippen LogP contribution < -0.4 is 10.2 Å². The van der Waals surface area contributed by atoms with Crippen LogP contribution in [-0.4, -0.2) is 35.6 Å². The zero-order chi connectivity index (χ0) is 18.8. The van der Waals surface area contributed by atoms with E-state index in [2.05, 4.69) is 5.32 Å². The van der Waals surface area contributed by atoms with E-state index >= 15 is 0 Å². The first-order valence-electron chi connectivity index (χ1n) is 8.99. The molecule has 25 heavy (non-hydrogen) atoms. The summed E-state index contributed by atoms with van der Waals surface area (Å²) in [7, 11) is 0. The molecule has 1 aromatic carbocycles. The lowest BCUT2D eigenvalue weighted by atomic mass is 9.91. The molecule has 1 aromatic rings. The molecule has 1 fully saturated rings. The Balaban J connectivity index is 2.05. The second kappa shape index (κ2) is 7.56. The van der Waals surface area contributed by atoms with Crippen molar-refractivity contribution < 1.29 is 14.7 Å². The summed E-state index contributed by atoms with van der Waals surface area (Å²) in [5, 5.41) is 13.1. The van der Waals surface area contributed by atoms with E-state index in [0.717, 1.165) is 11.3 Å². The molecule has 2 N–H and O–H groups in total. The maximum atomic E-state index is 12.5. The normalized spacial score (nSPS) is 20.5. The average Bonchev–Trinajstić information content (AvgIpc) is 2.55. The molecule has 0 aromatic heterocycles. The highest BCUT2D eigenvalue weighted by atomic mass is 16.3. The van der Waals surface area contributed by atoms with Crippen molar-refractivity contribution in [3.63, 3.8) is 0 Å². The Kier molecular flexibility index (Phi) is 5.88. The van der Waals surface area contributed by atoms with Crippen LogP contribution in [0.15, 0.2) is 18.2 Å². The monoisotopic (exact) mass is 346 g/mol. The Morgan fingerprint density at radius 1 is 1.36 bits per heavy atom. The van der Waals surface area contributed by atoms with E-state index in [1.165, 1.54) is 5.56 Å². The van der Waals surface area contributed by atoms with E-state index < -0.39 is 5.60 Å². The lowest BCUT2D eigenvalue weighted by molar-refractivity contribution is -0.128. The molecule has 2 rings (SSSR count). The zero-order valence-electron chi connectivity index (χ0n) is 15.9. The minimum Gasteiger partial charge on any atom is -0.388 e. The molecular formula is C20H30N2O3. The molecule has 0 radical (unpaired) electrons. The summed E-state index contributed by atoms with van der Waals surface area (Å²) in [6.07, 6.45) is 0.918. The van der Waals surface area contributed by atoms with Crippen molar-refractivity contribution in [3.8, 4) is 0 Å². The summed E-state index contributed by atoms with van der Waals surface area (Å²) in [4.78, 5) is 26.5. The van der Waals surface area contributed by atoms with Gasteiger partial charge in [0.2, 0.25) is 11.8 Å². The summed E-state index contributed by atoms with van der Waals surface area (Å²) < 4.78 is 0. The number of amides is 2. The summed E-state index contributed by atoms with van der Waals surface area (Å²) in [5.41, 5.74) is 2.22. The van der Waals surface area contributed by atoms with E-state index in [1.807, 2.05) is 45.9 Å². The average molecular weight is 346 g/mol. The Labute approximate surface area is 150 Å². The molecule has 0 spiro atoms. The van der Waals surface area contributed by atoms with Crippen LogP contribution in [0.1, 0.15) is 44.7 Å². The highest BCUT2D eigenvalue weighted by molar-refractivity contribution is 5.96. The third kappa shape index (κ3) is 4.60. The van der Waals surface area contributed by atoms with Crippen molar-refractivity contribution in [3.05, 3.63) is 29.3 Å². The number of carbonyl (C=O) groups is 2. The number of nitrogens with one attached hydrogen (secondary N) is 1. The molecule has 0 saturated carbocycles. The molecule has 0 aliphatic carbocycles. The third-order valence-corrected chi connectivity index (χ3v) is 5.45. The summed E-state index contributed by atoms with van der Waals surface area (Å²) in [5.74, 6) is -0.237. The molecule has 1 aliphatic rings. The maximum absolute atomic E-state index is 12.5. The molecular weight excluding hydrogens is 316 g/mol. The molecule has 138 valence electrons. The highest BCUT2D eigenvalue weighted by Crippen LogP contribution is 2.26. The van der Waals surface area contributed by atoms with Gasteiger partial charge in [0.05, 0.1) is 11.5 Å². The van der Waals surface area contributed by atoms with Gasteiger partial charge in [-0.25, -0.2) is 0 Å². The number of rotatable bonds is 5. The van der Waals surface area contributed by atoms with Gasteiger partial charge in [0, 0.05) is 25.2 Å². The van der Waals surface area contributed by atoms with Crippen LogP contribution in [0.5, 0.6) is 0 Å². The fourth-order valence-electron chi connectivity index (χ4n) is 2.82. The highest BCUT2D eigenvalue weighted by Gasteiger charge is 2.33. The summed E-state index contributed by atoms with van der Waals surface area (Å²) in [6.45, 7) is 10.2. The van der Waals surface area contributed by atoms with Crippen molar-refractivity contribution in [2.75, 3.05) is 18.0 Å². The predicted molar refractivity (Wildman–Crippen MR) is 99.5 cm³/mol. The van der Waals surface area contributed by atoms with Gasteiger partial charge in [0.25, 0.3) is 0 Å². The molecule has 5 heteroatoms. The summed E-state index contributed by atoms with van der Waals surface area (Å²) >= 11 is 0. The van der Waals surface area contributed by atoms with Gasteiger partial charge in [-0.05, 0) is 56.4 Å². The van der Waals surface area contributed by atoms with Gasteiger partial charge in [-0.2, -0.15) is 0 Å². The van der Waals surface area contributed by atoms with Crippen LogP contribution in [-0.2, 0) is 9.59 Å². The van der Waals surface area contributed by atoms with Crippen LogP contribution in [0.3, 0.4) is 0 Å². The number of piperidine rings is 1. The third-order valence-electron chi connectivity index (χ3n) is 5.45. The van der Waals surface area contributed by atoms with Gasteiger partial charge in [-0.1, -0.05) is 19.9 Å². The first-order chi connectivity index (χ1) is 11.6. The second-order valence-corrected chi connectivity index (χ2v) is 7.74. The number of benzene rings is 1. The topological polar surface area (TPSA) is 69.6 Å².